The van der Waals surface area contributed by atoms with Crippen LogP contribution in [0.3, 0.4) is 0 Å². The van der Waals surface area contributed by atoms with Crippen LogP contribution < -0.4 is 75.3 Å². The number of nitrogens with two attached hydrogens (primary N) is 2. The zero-order chi connectivity index (χ0) is 82.5. The first-order valence-electron chi connectivity index (χ1n) is 35.2. The molecule has 0 radical (unpaired) electrons. The first-order valence-corrected chi connectivity index (χ1v) is 35.9. The molecule has 606 valence electrons. The van der Waals surface area contributed by atoms with Gasteiger partial charge in [0.2, 0.25) is 82.7 Å². The van der Waals surface area contributed by atoms with Crippen molar-refractivity contribution in [2.75, 3.05) is 32.0 Å². The number of benzene rings is 2. The van der Waals surface area contributed by atoms with Gasteiger partial charge < -0.3 is 121 Å². The van der Waals surface area contributed by atoms with Crippen LogP contribution in [0.25, 0.3) is 10.9 Å². The molecular weight excluding hydrogens is 1480 g/mol. The second-order valence-corrected chi connectivity index (χ2v) is 27.2. The van der Waals surface area contributed by atoms with Gasteiger partial charge in [-0.05, 0) is 67.3 Å². The second-order valence-electron chi connectivity index (χ2n) is 26.8. The van der Waals surface area contributed by atoms with Crippen molar-refractivity contribution in [2.45, 2.75) is 177 Å². The summed E-state index contributed by atoms with van der Waals surface area (Å²) in [7, 11) is 0. The molecule has 2 aromatic heterocycles. The van der Waals surface area contributed by atoms with Gasteiger partial charge in [-0.3, -0.25) is 76.7 Å². The number of phenolic OH excluding ortho intramolecular Hbond substituents is 1. The number of hydrogen-bond donors (Lipinski definition) is 23. The lowest BCUT2D eigenvalue weighted by atomic mass is 9.97. The van der Waals surface area contributed by atoms with Gasteiger partial charge >= 0.3 is 17.9 Å². The summed E-state index contributed by atoms with van der Waals surface area (Å²) in [5, 5.41) is 87.2. The molecule has 3 heterocycles. The fourth-order valence-electron chi connectivity index (χ4n) is 11.5. The molecule has 0 saturated carbocycles. The van der Waals surface area contributed by atoms with E-state index < -0.39 is 230 Å². The molecule has 1 aliphatic rings. The lowest BCUT2D eigenvalue weighted by molar-refractivity contribution is -0.144. The number of phenols is 1. The van der Waals surface area contributed by atoms with E-state index in [1.54, 1.807) is 58.2 Å². The smallest absolute Gasteiger partial charge is 0.326 e. The molecule has 5 rings (SSSR count). The van der Waals surface area contributed by atoms with Gasteiger partial charge in [-0.25, -0.2) is 9.78 Å². The van der Waals surface area contributed by atoms with Crippen LogP contribution in [0.2, 0.25) is 0 Å². The van der Waals surface area contributed by atoms with Gasteiger partial charge in [0.05, 0.1) is 57.1 Å². The Kier molecular flexibility index (Phi) is 35.1. The number of aromatic nitrogens is 3. The summed E-state index contributed by atoms with van der Waals surface area (Å²) in [6, 6.07) is -7.54. The third kappa shape index (κ3) is 28.3. The highest BCUT2D eigenvalue weighted by Crippen LogP contribution is 2.24. The monoisotopic (exact) mass is 1580 g/mol. The van der Waals surface area contributed by atoms with E-state index in [9.17, 15) is 107 Å². The summed E-state index contributed by atoms with van der Waals surface area (Å²) < 4.78 is 0. The Hall–Kier alpha value is -11.8. The Morgan fingerprint density at radius 2 is 1.13 bits per heavy atom. The van der Waals surface area contributed by atoms with E-state index in [0.29, 0.717) is 34.1 Å². The second kappa shape index (κ2) is 43.4. The van der Waals surface area contributed by atoms with Crippen molar-refractivity contribution in [3.63, 3.8) is 0 Å². The van der Waals surface area contributed by atoms with Crippen molar-refractivity contribution < 1.29 is 112 Å². The number of aliphatic hydroxyl groups excluding tert-OH is 2. The number of H-pyrrole nitrogens is 2. The minimum absolute atomic E-state index is 0.0383. The Bertz CT molecular complexity index is 3990. The molecule has 1 fully saturated rings. The summed E-state index contributed by atoms with van der Waals surface area (Å²) in [5.74, 6) is -21.8. The van der Waals surface area contributed by atoms with Gasteiger partial charge in [0.25, 0.3) is 0 Å². The number of hydrogen-bond acceptors (Lipinski definition) is 23. The number of amides is 14. The third-order valence-corrected chi connectivity index (χ3v) is 18.0. The summed E-state index contributed by atoms with van der Waals surface area (Å²) in [6.07, 6.45) is -0.614. The molecule has 0 unspecified atom stereocenters. The third-order valence-electron chi connectivity index (χ3n) is 17.7. The van der Waals surface area contributed by atoms with E-state index in [1.807, 2.05) is 5.32 Å². The number of para-hydroxylation sites is 1. The number of aliphatic hydroxyl groups is 2. The number of carboxylic acids is 3. The Labute approximate surface area is 640 Å². The van der Waals surface area contributed by atoms with Gasteiger partial charge in [0.15, 0.2) is 0 Å². The van der Waals surface area contributed by atoms with Crippen LogP contribution in [0, 0.1) is 11.8 Å². The number of nitrogens with one attached hydrogen (secondary N) is 14. The van der Waals surface area contributed by atoms with Crippen LogP contribution in [-0.4, -0.2) is 262 Å². The number of primary amides is 1. The highest BCUT2D eigenvalue weighted by molar-refractivity contribution is 7.80. The maximum absolute atomic E-state index is 15.1. The number of aliphatic carboxylic acids is 3. The Balaban J connectivity index is 1.28. The van der Waals surface area contributed by atoms with Gasteiger partial charge in [0.1, 0.15) is 78.3 Å². The quantitative estimate of drug-likeness (QED) is 0.0183. The van der Waals surface area contributed by atoms with Crippen molar-refractivity contribution in [2.24, 2.45) is 23.3 Å². The zero-order valence-electron chi connectivity index (χ0n) is 61.2. The van der Waals surface area contributed by atoms with Crippen LogP contribution in [0.5, 0.6) is 5.75 Å². The van der Waals surface area contributed by atoms with Gasteiger partial charge in [-0.15, -0.1) is 0 Å². The summed E-state index contributed by atoms with van der Waals surface area (Å²) in [6.45, 7) is 5.19. The van der Waals surface area contributed by atoms with Crippen LogP contribution >= 0.6 is 12.6 Å². The molecule has 2 aromatic carbocycles. The number of aromatic hydroxyl groups is 1. The van der Waals surface area contributed by atoms with E-state index in [-0.39, 0.29) is 56.7 Å². The van der Waals surface area contributed by atoms with Crippen LogP contribution in [-0.2, 0) is 101 Å². The molecule has 1 aliphatic heterocycles. The number of carbonyl (C=O) groups excluding carboxylic acids is 14. The Morgan fingerprint density at radius 3 is 1.68 bits per heavy atom. The summed E-state index contributed by atoms with van der Waals surface area (Å²) in [5.41, 5.74) is 13.1. The normalized spacial score (nSPS) is 16.1. The average molecular weight is 1580 g/mol. The van der Waals surface area contributed by atoms with E-state index >= 15 is 4.79 Å². The molecule has 111 heavy (non-hydrogen) atoms. The lowest BCUT2D eigenvalue weighted by Gasteiger charge is -2.31. The lowest BCUT2D eigenvalue weighted by Crippen LogP contribution is -2.61. The maximum Gasteiger partial charge on any atom is 0.326 e. The molecule has 4 aromatic rings. The van der Waals surface area contributed by atoms with Gasteiger partial charge in [-0.1, -0.05) is 64.4 Å². The fraction of sp³-hybridized carbons (Fsp3) is 0.507. The summed E-state index contributed by atoms with van der Waals surface area (Å²) >= 11 is 4.06. The number of thiol groups is 1. The molecule has 0 spiro atoms. The van der Waals surface area contributed by atoms with Crippen LogP contribution in [0.15, 0.2) is 67.3 Å². The van der Waals surface area contributed by atoms with Crippen molar-refractivity contribution in [1.29, 1.82) is 0 Å². The minimum Gasteiger partial charge on any atom is -0.508 e. The number of nitrogens with zero attached hydrogens (tertiary/aromatic N) is 2. The molecule has 14 atom stereocenters. The van der Waals surface area contributed by atoms with Gasteiger partial charge in [-0.2, -0.15) is 12.6 Å². The number of rotatable bonds is 45. The number of likely N-dealkylation sites (tertiary alicyclic amines) is 1. The molecule has 1 saturated heterocycles. The maximum atomic E-state index is 15.1. The van der Waals surface area contributed by atoms with Gasteiger partial charge in [0, 0.05) is 54.9 Å². The molecule has 0 aliphatic carbocycles. The number of aromatic amines is 2. The number of imidazole rings is 1. The number of carboxylic acid groups (broad SMARTS) is 3. The minimum atomic E-state index is -2.09. The van der Waals surface area contributed by atoms with Crippen molar-refractivity contribution >= 4 is 124 Å². The molecule has 14 amide bonds. The standard InChI is InChI=1S/C69H96N18O23S/c1-6-33(4)57(86-66(106)56(71)34(5)89)67(107)82-42(21-37-26-72-31-76-37)58(98)74-27-52(92)77-41(18-32(2)3)60(100)83-46(20-36-25-73-40-11-8-7-10-39(36)40)68(108)87-17-9-12-50(87)65(105)81-45(24-55(96)97)62(102)79-43(22-51(70)91)61(101)85-49(30-111)64(104)80-44(23-54(94)95)59(99)75-28-53(93)78-48(29-88)63(103)84-47(69(109)110)19-35-13-15-38(90)16-14-35/h7-8,10-11,13-16,25-26,31-34,41-50,56-57,73,88-90,111H,6,9,12,17-24,27-30,71H2,1-5H3,(H2,70,91)(H,72,76)(H,74,98)(H,75,99)(H,77,92)(H,78,93)(H,79,102)(H,80,104)(H,81,105)(H,82,107)(H,83,100)(H,84,103)(H,85,101)(H,86,106)(H,94,95)(H,96,97)(H,109,110)/t33-,34+,41-,42-,43-,44-,45-,46-,47-,48-,49-,50-,56-,57-/m0/s1. The highest BCUT2D eigenvalue weighted by atomic mass is 32.1. The van der Waals surface area contributed by atoms with Crippen molar-refractivity contribution in [1.82, 2.24) is 83.7 Å². The predicted molar refractivity (Wildman–Crippen MR) is 392 cm³/mol. The molecule has 41 nitrogen and oxygen atoms in total. The van der Waals surface area contributed by atoms with Crippen LogP contribution in [0.1, 0.15) is 96.4 Å². The van der Waals surface area contributed by atoms with E-state index in [0.717, 1.165) is 4.90 Å². The van der Waals surface area contributed by atoms with Crippen molar-refractivity contribution in [3.8, 4) is 5.75 Å². The predicted octanol–water partition coefficient (Wildman–Crippen LogP) is -6.67. The first kappa shape index (κ1) is 89.8. The van der Waals surface area contributed by atoms with E-state index in [1.165, 1.54) is 43.7 Å². The molecule has 0 bridgehead atoms. The number of fused-ring (bicyclic) bond motifs is 1. The highest BCUT2D eigenvalue weighted by Gasteiger charge is 2.42. The zero-order valence-corrected chi connectivity index (χ0v) is 62.1. The summed E-state index contributed by atoms with van der Waals surface area (Å²) in [4.78, 5) is 239. The van der Waals surface area contributed by atoms with Crippen LogP contribution in [0.4, 0.5) is 0 Å². The van der Waals surface area contributed by atoms with Crippen molar-refractivity contribution in [3.05, 3.63) is 84.1 Å². The largest absolute Gasteiger partial charge is 0.508 e. The molecule has 42 heteroatoms. The SMILES string of the molecule is CC[C@H](C)[C@H](NC(=O)[C@@H](N)[C@@H](C)O)C(=O)N[C@@H](Cc1c[nH]cn1)C(=O)NCC(=O)N[C@@H](CC(C)C)C(=O)N[C@@H](Cc1c[nH]c2ccccc12)C(=O)N1CCC[C@H]1C(=O)N[C@@H](CC(=O)O)C(=O)N[C@@H](CC(N)=O)C(=O)N[C@@H](CS)C(=O)N[C@@H](CC(=O)O)C(=O)NCC(=O)N[C@@H](CO)C(=O)N[C@@H](Cc1ccc(O)cc1)C(=O)O. The van der Waals surface area contributed by atoms with E-state index in [4.69, 9.17) is 11.5 Å². The fourth-order valence-corrected chi connectivity index (χ4v) is 11.8. The number of carbonyl (C=O) groups is 17. The molecule has 24 N–H and O–H groups in total. The molecular formula is C69H96N18O23S. The first-order chi connectivity index (χ1) is 52.4. The Morgan fingerprint density at radius 1 is 0.595 bits per heavy atom. The topological polar surface area (TPSA) is 656 Å². The van der Waals surface area contributed by atoms with E-state index in [2.05, 4.69) is 86.1 Å². The average Bonchev–Trinajstić information content (AvgIpc) is 1.68.